The van der Waals surface area contributed by atoms with Gasteiger partial charge in [-0.25, -0.2) is 14.6 Å². The lowest BCUT2D eigenvalue weighted by Gasteiger charge is -2.30. The number of rotatable bonds is 10. The Balaban J connectivity index is 1.48. The highest BCUT2D eigenvalue weighted by molar-refractivity contribution is 5.93. The highest BCUT2D eigenvalue weighted by Gasteiger charge is 2.25. The zero-order valence-corrected chi connectivity index (χ0v) is 21.8. The van der Waals surface area contributed by atoms with Gasteiger partial charge in [-0.1, -0.05) is 32.0 Å². The molecule has 0 bridgehead atoms. The molecule has 0 saturated heterocycles. The van der Waals surface area contributed by atoms with Crippen LogP contribution in [-0.2, 0) is 9.53 Å². The van der Waals surface area contributed by atoms with Gasteiger partial charge in [-0.05, 0) is 56.9 Å². The number of carbonyl (C=O) groups is 2. The first-order valence-electron chi connectivity index (χ1n) is 12.8. The Kier molecular flexibility index (Phi) is 9.57. The molecule has 3 rings (SSSR count). The average molecular weight is 484 g/mol. The van der Waals surface area contributed by atoms with Crippen molar-refractivity contribution >= 4 is 34.4 Å². The Bertz CT molecular complexity index is 986. The normalized spacial score (nSPS) is 18.7. The monoisotopic (exact) mass is 483 g/mol. The highest BCUT2D eigenvalue weighted by atomic mass is 16.5. The molecule has 0 aliphatic heterocycles. The molecule has 1 aliphatic carbocycles. The highest BCUT2D eigenvalue weighted by Crippen LogP contribution is 2.30. The van der Waals surface area contributed by atoms with E-state index in [0.29, 0.717) is 31.5 Å². The van der Waals surface area contributed by atoms with Gasteiger partial charge < -0.3 is 25.6 Å². The number of para-hydroxylation sites is 1. The standard InChI is InChI=1S/C27H41N5O3/c1-6-35-26(33)23(15-18(2)3)31-27(34)28-17-19-11-13-20(14-12-19)29-25-16-24(32(4)5)21-9-7-8-10-22(21)30-25/h7-10,16,18-20,23H,6,11-15,17H2,1-5H3,(H,29,30)(H2,28,31,34)/t19?,20?,23-/m0/s1. The van der Waals surface area contributed by atoms with Crippen LogP contribution >= 0.6 is 0 Å². The number of urea groups is 1. The summed E-state index contributed by atoms with van der Waals surface area (Å²) in [5, 5.41) is 10.5. The average Bonchev–Trinajstić information content (AvgIpc) is 2.82. The summed E-state index contributed by atoms with van der Waals surface area (Å²) in [7, 11) is 4.11. The van der Waals surface area contributed by atoms with Crippen molar-refractivity contribution in [3.8, 4) is 0 Å². The van der Waals surface area contributed by atoms with Gasteiger partial charge in [-0.2, -0.15) is 0 Å². The summed E-state index contributed by atoms with van der Waals surface area (Å²) in [6.07, 6.45) is 4.66. The molecule has 1 aromatic heterocycles. The molecule has 0 unspecified atom stereocenters. The molecule has 8 nitrogen and oxygen atoms in total. The number of carbonyl (C=O) groups excluding carboxylic acids is 2. The van der Waals surface area contributed by atoms with E-state index in [9.17, 15) is 9.59 Å². The van der Waals surface area contributed by atoms with Gasteiger partial charge in [0.15, 0.2) is 0 Å². The van der Waals surface area contributed by atoms with Crippen molar-refractivity contribution in [2.45, 2.75) is 65.0 Å². The lowest BCUT2D eigenvalue weighted by atomic mass is 9.86. The van der Waals surface area contributed by atoms with E-state index in [1.807, 2.05) is 26.0 Å². The number of hydrogen-bond donors (Lipinski definition) is 3. The molecule has 1 aromatic carbocycles. The van der Waals surface area contributed by atoms with Crippen LogP contribution in [0.2, 0.25) is 0 Å². The van der Waals surface area contributed by atoms with Crippen molar-refractivity contribution in [1.29, 1.82) is 0 Å². The van der Waals surface area contributed by atoms with E-state index >= 15 is 0 Å². The lowest BCUT2D eigenvalue weighted by molar-refractivity contribution is -0.145. The number of aromatic nitrogens is 1. The van der Waals surface area contributed by atoms with E-state index in [4.69, 9.17) is 9.72 Å². The molecular formula is C27H41N5O3. The number of amides is 2. The molecule has 3 N–H and O–H groups in total. The van der Waals surface area contributed by atoms with Gasteiger partial charge in [0.2, 0.25) is 0 Å². The predicted octanol–water partition coefficient (Wildman–Crippen LogP) is 4.55. The molecule has 8 heteroatoms. The molecule has 0 radical (unpaired) electrons. The SMILES string of the molecule is CCOC(=O)[C@H](CC(C)C)NC(=O)NCC1CCC(Nc2cc(N(C)C)c3ccccc3n2)CC1. The second-order valence-electron chi connectivity index (χ2n) is 10.1. The summed E-state index contributed by atoms with van der Waals surface area (Å²) in [5.41, 5.74) is 2.14. The zero-order chi connectivity index (χ0) is 25.4. The molecule has 1 atom stereocenters. The van der Waals surface area contributed by atoms with Crippen LogP contribution < -0.4 is 20.9 Å². The summed E-state index contributed by atoms with van der Waals surface area (Å²) < 4.78 is 5.11. The third kappa shape index (κ3) is 7.73. The van der Waals surface area contributed by atoms with Crippen molar-refractivity contribution in [3.05, 3.63) is 30.3 Å². The van der Waals surface area contributed by atoms with Crippen molar-refractivity contribution < 1.29 is 14.3 Å². The Labute approximate surface area is 209 Å². The smallest absolute Gasteiger partial charge is 0.328 e. The molecule has 1 fully saturated rings. The largest absolute Gasteiger partial charge is 0.464 e. The number of ether oxygens (including phenoxy) is 1. The van der Waals surface area contributed by atoms with E-state index in [-0.39, 0.29) is 17.9 Å². The molecule has 2 amide bonds. The minimum Gasteiger partial charge on any atom is -0.464 e. The van der Waals surface area contributed by atoms with Gasteiger partial charge in [0.05, 0.1) is 12.1 Å². The van der Waals surface area contributed by atoms with E-state index in [0.717, 1.165) is 48.1 Å². The number of hydrogen-bond acceptors (Lipinski definition) is 6. The Hall–Kier alpha value is -3.03. The summed E-state index contributed by atoms with van der Waals surface area (Å²) in [6, 6.07) is 9.78. The van der Waals surface area contributed by atoms with Gasteiger partial charge in [-0.3, -0.25) is 0 Å². The maximum atomic E-state index is 12.4. The number of benzene rings is 1. The van der Waals surface area contributed by atoms with Crippen LogP contribution in [0.3, 0.4) is 0 Å². The van der Waals surface area contributed by atoms with E-state index in [1.165, 1.54) is 0 Å². The Morgan fingerprint density at radius 2 is 1.86 bits per heavy atom. The van der Waals surface area contributed by atoms with E-state index in [1.54, 1.807) is 6.92 Å². The summed E-state index contributed by atoms with van der Waals surface area (Å²) in [4.78, 5) is 31.5. The van der Waals surface area contributed by atoms with Crippen molar-refractivity contribution in [2.24, 2.45) is 11.8 Å². The van der Waals surface area contributed by atoms with Crippen LogP contribution in [-0.4, -0.2) is 56.3 Å². The molecular weight excluding hydrogens is 442 g/mol. The third-order valence-electron chi connectivity index (χ3n) is 6.51. The number of nitrogens with zero attached hydrogens (tertiary/aromatic N) is 2. The molecule has 192 valence electrons. The third-order valence-corrected chi connectivity index (χ3v) is 6.51. The second-order valence-corrected chi connectivity index (χ2v) is 10.1. The van der Waals surface area contributed by atoms with Gasteiger partial charge >= 0.3 is 12.0 Å². The maximum absolute atomic E-state index is 12.4. The lowest BCUT2D eigenvalue weighted by Crippen LogP contribution is -2.48. The van der Waals surface area contributed by atoms with Gasteiger partial charge in [0, 0.05) is 43.8 Å². The minimum atomic E-state index is -0.614. The molecule has 1 heterocycles. The Morgan fingerprint density at radius 3 is 2.51 bits per heavy atom. The summed E-state index contributed by atoms with van der Waals surface area (Å²) >= 11 is 0. The quantitative estimate of drug-likeness (QED) is 0.429. The van der Waals surface area contributed by atoms with Crippen molar-refractivity contribution in [3.63, 3.8) is 0 Å². The van der Waals surface area contributed by atoms with Crippen LogP contribution in [0, 0.1) is 11.8 Å². The van der Waals surface area contributed by atoms with Crippen molar-refractivity contribution in [2.75, 3.05) is 37.5 Å². The first-order valence-corrected chi connectivity index (χ1v) is 12.8. The predicted molar refractivity (Wildman–Crippen MR) is 142 cm³/mol. The van der Waals surface area contributed by atoms with E-state index in [2.05, 4.69) is 53.1 Å². The summed E-state index contributed by atoms with van der Waals surface area (Å²) in [5.74, 6) is 1.23. The van der Waals surface area contributed by atoms with E-state index < -0.39 is 6.04 Å². The van der Waals surface area contributed by atoms with Gasteiger partial charge in [0.25, 0.3) is 0 Å². The van der Waals surface area contributed by atoms with Crippen LogP contribution in [0.5, 0.6) is 0 Å². The van der Waals surface area contributed by atoms with Gasteiger partial charge in [0.1, 0.15) is 11.9 Å². The molecule has 1 saturated carbocycles. The van der Waals surface area contributed by atoms with Crippen LogP contribution in [0.15, 0.2) is 30.3 Å². The maximum Gasteiger partial charge on any atom is 0.328 e. The number of esters is 1. The van der Waals surface area contributed by atoms with Crippen LogP contribution in [0.1, 0.15) is 52.9 Å². The Morgan fingerprint density at radius 1 is 1.14 bits per heavy atom. The topological polar surface area (TPSA) is 95.6 Å². The number of anilines is 2. The number of pyridine rings is 1. The number of nitrogens with one attached hydrogen (secondary N) is 3. The summed E-state index contributed by atoms with van der Waals surface area (Å²) in [6.45, 7) is 6.72. The minimum absolute atomic E-state index is 0.276. The zero-order valence-electron chi connectivity index (χ0n) is 21.8. The van der Waals surface area contributed by atoms with Crippen LogP contribution in [0.4, 0.5) is 16.3 Å². The van der Waals surface area contributed by atoms with Crippen LogP contribution in [0.25, 0.3) is 10.9 Å². The second kappa shape index (κ2) is 12.6. The molecule has 35 heavy (non-hydrogen) atoms. The van der Waals surface area contributed by atoms with Gasteiger partial charge in [-0.15, -0.1) is 0 Å². The fourth-order valence-electron chi connectivity index (χ4n) is 4.70. The first kappa shape index (κ1) is 26.6. The molecule has 1 aliphatic rings. The fourth-order valence-corrected chi connectivity index (χ4v) is 4.70. The molecule has 2 aromatic rings. The van der Waals surface area contributed by atoms with Crippen molar-refractivity contribution in [1.82, 2.24) is 15.6 Å². The number of fused-ring (bicyclic) bond motifs is 1. The first-order chi connectivity index (χ1) is 16.8. The fraction of sp³-hybridized carbons (Fsp3) is 0.593. The molecule has 0 spiro atoms.